The van der Waals surface area contributed by atoms with E-state index in [1.165, 1.54) is 5.57 Å². The van der Waals surface area contributed by atoms with E-state index >= 15 is 0 Å². The predicted molar refractivity (Wildman–Crippen MR) is 43.3 cm³/mol. The lowest BCUT2D eigenvalue weighted by molar-refractivity contribution is 0.736. The van der Waals surface area contributed by atoms with Crippen molar-refractivity contribution < 1.29 is 0 Å². The van der Waals surface area contributed by atoms with Gasteiger partial charge in [0.15, 0.2) is 0 Å². The number of hydrogen-bond acceptors (Lipinski definition) is 2. The van der Waals surface area contributed by atoms with Gasteiger partial charge < -0.3 is 11.1 Å². The van der Waals surface area contributed by atoms with Gasteiger partial charge in [0.1, 0.15) is 0 Å². The summed E-state index contributed by atoms with van der Waals surface area (Å²) in [6.07, 6.45) is 5.04. The molecule has 1 rings (SSSR count). The van der Waals surface area contributed by atoms with Crippen molar-refractivity contribution in [3.05, 3.63) is 11.6 Å². The van der Waals surface area contributed by atoms with Crippen LogP contribution in [0.1, 0.15) is 26.2 Å². The van der Waals surface area contributed by atoms with E-state index in [1.807, 2.05) is 13.0 Å². The van der Waals surface area contributed by atoms with Crippen LogP contribution in [0.3, 0.4) is 0 Å². The van der Waals surface area contributed by atoms with E-state index in [1.54, 1.807) is 0 Å². The second kappa shape index (κ2) is 2.97. The third kappa shape index (κ3) is 1.67. The van der Waals surface area contributed by atoms with Crippen molar-refractivity contribution in [2.24, 2.45) is 5.73 Å². The molecule has 0 aliphatic heterocycles. The van der Waals surface area contributed by atoms with E-state index in [9.17, 15) is 0 Å². The monoisotopic (exact) mass is 138 g/mol. The summed E-state index contributed by atoms with van der Waals surface area (Å²) in [6, 6.07) is 0.139. The zero-order valence-corrected chi connectivity index (χ0v) is 6.35. The molecule has 3 N–H and O–H groups in total. The molecule has 2 nitrogen and oxygen atoms in total. The fraction of sp³-hybridized carbons (Fsp3) is 0.625. The van der Waals surface area contributed by atoms with Crippen LogP contribution >= 0.6 is 0 Å². The molecule has 2 heteroatoms. The van der Waals surface area contributed by atoms with Gasteiger partial charge in [0, 0.05) is 11.8 Å². The van der Waals surface area contributed by atoms with Crippen molar-refractivity contribution in [2.45, 2.75) is 32.2 Å². The number of allylic oxidation sites excluding steroid dienone is 1. The Bertz CT molecular complexity index is 168. The highest BCUT2D eigenvalue weighted by molar-refractivity contribution is 5.93. The Kier molecular flexibility index (Phi) is 2.22. The molecule has 0 saturated carbocycles. The number of hydrogen-bond donors (Lipinski definition) is 2. The quantitative estimate of drug-likeness (QED) is 0.566. The van der Waals surface area contributed by atoms with Crippen molar-refractivity contribution in [2.75, 3.05) is 0 Å². The summed E-state index contributed by atoms with van der Waals surface area (Å²) >= 11 is 0. The van der Waals surface area contributed by atoms with Gasteiger partial charge in [-0.05, 0) is 32.3 Å². The van der Waals surface area contributed by atoms with E-state index in [2.05, 4.69) is 0 Å². The van der Waals surface area contributed by atoms with Crippen molar-refractivity contribution >= 4 is 5.71 Å². The van der Waals surface area contributed by atoms with Crippen LogP contribution in [0, 0.1) is 5.41 Å². The summed E-state index contributed by atoms with van der Waals surface area (Å²) in [5, 5.41) is 7.38. The first-order valence-electron chi connectivity index (χ1n) is 3.73. The van der Waals surface area contributed by atoms with Crippen LogP contribution in [0.25, 0.3) is 0 Å². The molecule has 0 aromatic heterocycles. The summed E-state index contributed by atoms with van der Waals surface area (Å²) in [5.74, 6) is 0. The van der Waals surface area contributed by atoms with Crippen LogP contribution in [0.4, 0.5) is 0 Å². The molecule has 0 radical (unpaired) electrons. The van der Waals surface area contributed by atoms with Crippen LogP contribution in [0.15, 0.2) is 11.6 Å². The van der Waals surface area contributed by atoms with Gasteiger partial charge in [0.05, 0.1) is 0 Å². The number of rotatable bonds is 1. The highest BCUT2D eigenvalue weighted by Gasteiger charge is 2.09. The molecule has 0 saturated heterocycles. The molecule has 0 fully saturated rings. The largest absolute Gasteiger partial charge is 0.324 e. The van der Waals surface area contributed by atoms with Crippen molar-refractivity contribution in [1.29, 1.82) is 5.41 Å². The predicted octanol–water partition coefficient (Wildman–Crippen LogP) is 1.46. The first-order chi connectivity index (χ1) is 4.70. The molecular weight excluding hydrogens is 124 g/mol. The van der Waals surface area contributed by atoms with Gasteiger partial charge in [-0.1, -0.05) is 5.57 Å². The van der Waals surface area contributed by atoms with E-state index in [-0.39, 0.29) is 6.04 Å². The van der Waals surface area contributed by atoms with Gasteiger partial charge >= 0.3 is 0 Å². The normalized spacial score (nSPS) is 22.2. The Balaban J connectivity index is 2.66. The standard InChI is InChI=1S/C8H14N2/c1-6(9)7-3-2-4-8(10)5-7/h5-6,10H,2-4,9H2,1H3. The molecule has 1 unspecified atom stereocenters. The van der Waals surface area contributed by atoms with Crippen molar-refractivity contribution in [3.8, 4) is 0 Å². The molecule has 1 aliphatic rings. The second-order valence-corrected chi connectivity index (χ2v) is 2.89. The number of nitrogens with two attached hydrogens (primary N) is 1. The molecule has 10 heavy (non-hydrogen) atoms. The summed E-state index contributed by atoms with van der Waals surface area (Å²) in [7, 11) is 0. The van der Waals surface area contributed by atoms with Crippen LogP contribution < -0.4 is 5.73 Å². The Morgan fingerprint density at radius 2 is 2.30 bits per heavy atom. The van der Waals surface area contributed by atoms with Crippen molar-refractivity contribution in [1.82, 2.24) is 0 Å². The third-order valence-electron chi connectivity index (χ3n) is 1.86. The van der Waals surface area contributed by atoms with Gasteiger partial charge in [-0.2, -0.15) is 0 Å². The second-order valence-electron chi connectivity index (χ2n) is 2.89. The fourth-order valence-corrected chi connectivity index (χ4v) is 1.21. The summed E-state index contributed by atoms with van der Waals surface area (Å²) in [6.45, 7) is 1.98. The Labute approximate surface area is 61.6 Å². The molecule has 1 aliphatic carbocycles. The maximum atomic E-state index is 7.38. The number of nitrogens with one attached hydrogen (secondary N) is 1. The van der Waals surface area contributed by atoms with Crippen LogP contribution in [-0.2, 0) is 0 Å². The van der Waals surface area contributed by atoms with E-state index < -0.39 is 0 Å². The maximum absolute atomic E-state index is 7.38. The van der Waals surface area contributed by atoms with Crippen LogP contribution in [-0.4, -0.2) is 11.8 Å². The molecular formula is C8H14N2. The lowest BCUT2D eigenvalue weighted by Gasteiger charge is -2.15. The van der Waals surface area contributed by atoms with Crippen LogP contribution in [0.5, 0.6) is 0 Å². The lowest BCUT2D eigenvalue weighted by Crippen LogP contribution is -2.20. The molecule has 0 aromatic carbocycles. The highest BCUT2D eigenvalue weighted by Crippen LogP contribution is 2.16. The smallest absolute Gasteiger partial charge is 0.0314 e. The minimum atomic E-state index is 0.139. The third-order valence-corrected chi connectivity index (χ3v) is 1.86. The zero-order valence-electron chi connectivity index (χ0n) is 6.35. The van der Waals surface area contributed by atoms with Gasteiger partial charge in [-0.15, -0.1) is 0 Å². The Morgan fingerprint density at radius 1 is 1.60 bits per heavy atom. The van der Waals surface area contributed by atoms with Crippen LogP contribution in [0.2, 0.25) is 0 Å². The molecule has 0 bridgehead atoms. The molecule has 0 amide bonds. The van der Waals surface area contributed by atoms with E-state index in [0.29, 0.717) is 0 Å². The summed E-state index contributed by atoms with van der Waals surface area (Å²) in [5.41, 5.74) is 7.63. The molecule has 0 spiro atoms. The minimum absolute atomic E-state index is 0.139. The van der Waals surface area contributed by atoms with E-state index in [0.717, 1.165) is 25.0 Å². The average molecular weight is 138 g/mol. The first kappa shape index (κ1) is 7.48. The average Bonchev–Trinajstić information content (AvgIpc) is 1.88. The highest BCUT2D eigenvalue weighted by atomic mass is 14.6. The zero-order chi connectivity index (χ0) is 7.56. The summed E-state index contributed by atoms with van der Waals surface area (Å²) in [4.78, 5) is 0. The van der Waals surface area contributed by atoms with E-state index in [4.69, 9.17) is 11.1 Å². The Morgan fingerprint density at radius 3 is 2.70 bits per heavy atom. The molecule has 1 atom stereocenters. The first-order valence-corrected chi connectivity index (χ1v) is 3.73. The SMILES string of the molecule is CC(N)C1=CC(=N)CCC1. The van der Waals surface area contributed by atoms with Gasteiger partial charge in [0.2, 0.25) is 0 Å². The minimum Gasteiger partial charge on any atom is -0.324 e. The van der Waals surface area contributed by atoms with Crippen molar-refractivity contribution in [3.63, 3.8) is 0 Å². The lowest BCUT2D eigenvalue weighted by atomic mass is 9.94. The molecule has 0 aromatic rings. The topological polar surface area (TPSA) is 49.9 Å². The van der Waals surface area contributed by atoms with Gasteiger partial charge in [-0.3, -0.25) is 0 Å². The molecule has 0 heterocycles. The molecule has 56 valence electrons. The summed E-state index contributed by atoms with van der Waals surface area (Å²) < 4.78 is 0. The van der Waals surface area contributed by atoms with Gasteiger partial charge in [0.25, 0.3) is 0 Å². The maximum Gasteiger partial charge on any atom is 0.0314 e. The fourth-order valence-electron chi connectivity index (χ4n) is 1.21. The van der Waals surface area contributed by atoms with Gasteiger partial charge in [-0.25, -0.2) is 0 Å². The Hall–Kier alpha value is -0.630.